The second-order valence-corrected chi connectivity index (χ2v) is 20.5. The van der Waals surface area contributed by atoms with Gasteiger partial charge in [-0.05, 0) is 130 Å². The van der Waals surface area contributed by atoms with Gasteiger partial charge in [0.25, 0.3) is 31.9 Å². The Kier molecular flexibility index (Phi) is 16.3. The maximum absolute atomic E-state index is 13.0. The molecule has 0 fully saturated rings. The lowest BCUT2D eigenvalue weighted by Gasteiger charge is -2.15. The number of fused-ring (bicyclic) bond motifs is 2. The average molecular weight is 1020 g/mol. The number of primary sulfonamides is 1. The number of nitrogens with zero attached hydrogens (tertiary/aromatic N) is 10. The smallest absolute Gasteiger partial charge is 0.283 e. The summed E-state index contributed by atoms with van der Waals surface area (Å²) in [6.45, 7) is 0. The lowest BCUT2D eigenvalue weighted by atomic mass is 9.91. The lowest BCUT2D eigenvalue weighted by molar-refractivity contribution is -0.118. The molecule has 23 heteroatoms. The van der Waals surface area contributed by atoms with Crippen molar-refractivity contribution >= 4 is 54.6 Å². The first-order valence-corrected chi connectivity index (χ1v) is 25.2. The van der Waals surface area contributed by atoms with Gasteiger partial charge in [-0.2, -0.15) is 29.1 Å². The third-order valence-electron chi connectivity index (χ3n) is 11.6. The number of rotatable bonds is 11. The molecule has 0 bridgehead atoms. The molecule has 2 aromatic carbocycles. The van der Waals surface area contributed by atoms with Crippen molar-refractivity contribution in [1.29, 1.82) is 10.5 Å². The van der Waals surface area contributed by atoms with Crippen LogP contribution < -0.4 is 9.86 Å². The van der Waals surface area contributed by atoms with Gasteiger partial charge in [0, 0.05) is 73.2 Å². The van der Waals surface area contributed by atoms with Crippen molar-refractivity contribution in [3.63, 3.8) is 0 Å². The number of nitrogens with two attached hydrogens (primary N) is 1. The van der Waals surface area contributed by atoms with E-state index in [1.54, 1.807) is 52.6 Å². The standard InChI is InChI=1S/C24H24N6O4S.C17H13ClN2O.C7H12N4O3S/c1-29(2)24(32)21-13-23(27-30(21)3)35(33,34)28-22(31)12-20-18-6-4-5-15(18)7-8-19(20)16-9-10-26-17(11-16)14-25;18-17(21)9-16-14-3-1-2-11(14)4-5-15(16)12-6-7-20-13(8-12)10-19;1-10(2)7(12)5-4-6(9-11(5)3)15(8,13)14/h7-11,13H,4-6,12H2,1-3H3,(H,28,31);4-8H,1-3,9H2;4H,1-3H3,(H2,8,13,14). The summed E-state index contributed by atoms with van der Waals surface area (Å²) in [6.07, 6.45) is 8.98. The van der Waals surface area contributed by atoms with Crippen molar-refractivity contribution in [2.45, 2.75) is 61.4 Å². The quantitative estimate of drug-likeness (QED) is 0.175. The number of hydrogen-bond acceptors (Lipinski definition) is 14. The Morgan fingerprint density at radius 2 is 1.11 bits per heavy atom. The van der Waals surface area contributed by atoms with Crippen molar-refractivity contribution in [2.75, 3.05) is 28.2 Å². The number of halogens is 1. The third kappa shape index (κ3) is 12.4. The SMILES string of the molecule is CN(C)C(=O)c1cc(S(=O)(=O)NC(=O)Cc2c(-c3ccnc(C#N)c3)ccc3c2CCC3)nn1C.CN(C)C(=O)c1cc(S(N)(=O)=O)nn1C.N#Cc1cc(-c2ccc3c(c2CC(=O)Cl)CCC3)ccn1. The number of nitriles is 2. The fourth-order valence-corrected chi connectivity index (χ4v) is 9.92. The monoisotopic (exact) mass is 1020 g/mol. The molecule has 20 nitrogen and oxygen atoms in total. The van der Waals surface area contributed by atoms with Gasteiger partial charge in [0.05, 0.1) is 6.42 Å². The number of sulfonamides is 2. The molecule has 0 saturated heterocycles. The Morgan fingerprint density at radius 3 is 1.52 bits per heavy atom. The van der Waals surface area contributed by atoms with Crippen LogP contribution in [0.3, 0.4) is 0 Å². The summed E-state index contributed by atoms with van der Waals surface area (Å²) in [5, 5.41) is 29.6. The van der Waals surface area contributed by atoms with Crippen molar-refractivity contribution in [1.82, 2.24) is 44.1 Å². The number of aryl methyl sites for hydroxylation is 4. The van der Waals surface area contributed by atoms with Crippen LogP contribution in [0.2, 0.25) is 0 Å². The number of nitrogens with one attached hydrogen (secondary N) is 1. The van der Waals surface area contributed by atoms with E-state index < -0.39 is 36.9 Å². The highest BCUT2D eigenvalue weighted by Crippen LogP contribution is 2.36. The number of aromatic nitrogens is 6. The number of hydrogen-bond donors (Lipinski definition) is 2. The largest absolute Gasteiger partial charge is 0.343 e. The molecule has 3 N–H and O–H groups in total. The first-order chi connectivity index (χ1) is 33.5. The Hall–Kier alpha value is -7.63. The molecule has 0 saturated carbocycles. The molecular weight excluding hydrogens is 972 g/mol. The predicted molar refractivity (Wildman–Crippen MR) is 260 cm³/mol. The molecular formula is C48H49ClN12O8S2. The van der Waals surface area contributed by atoms with E-state index in [0.29, 0.717) is 5.69 Å². The topological polar surface area (TPSA) is 290 Å². The Bertz CT molecular complexity index is 3410. The van der Waals surface area contributed by atoms with Gasteiger partial charge in [0.15, 0.2) is 10.1 Å². The normalized spacial score (nSPS) is 12.4. The van der Waals surface area contributed by atoms with Gasteiger partial charge in [-0.3, -0.25) is 28.5 Å². The third-order valence-corrected chi connectivity index (χ3v) is 13.8. The van der Waals surface area contributed by atoms with Gasteiger partial charge in [0.1, 0.15) is 34.9 Å². The maximum Gasteiger partial charge on any atom is 0.283 e. The summed E-state index contributed by atoms with van der Waals surface area (Å²) < 4.78 is 52.1. The number of benzene rings is 2. The molecule has 8 rings (SSSR count). The van der Waals surface area contributed by atoms with Gasteiger partial charge < -0.3 is 9.80 Å². The first kappa shape index (κ1) is 52.7. The van der Waals surface area contributed by atoms with E-state index in [1.807, 2.05) is 36.4 Å². The second-order valence-electron chi connectivity index (χ2n) is 16.9. The molecule has 0 unspecified atom stereocenters. The molecule has 0 atom stereocenters. The fraction of sp³-hybridized carbons (Fsp3) is 0.292. The van der Waals surface area contributed by atoms with Crippen LogP contribution in [-0.2, 0) is 82.3 Å². The molecule has 6 aromatic rings. The predicted octanol–water partition coefficient (Wildman–Crippen LogP) is 3.78. The van der Waals surface area contributed by atoms with Crippen LogP contribution in [0.25, 0.3) is 22.3 Å². The van der Waals surface area contributed by atoms with Crippen LogP contribution >= 0.6 is 11.6 Å². The van der Waals surface area contributed by atoms with Gasteiger partial charge in [0.2, 0.25) is 11.1 Å². The minimum Gasteiger partial charge on any atom is -0.343 e. The van der Waals surface area contributed by atoms with Crippen LogP contribution in [0.15, 0.2) is 83.1 Å². The van der Waals surface area contributed by atoms with Crippen LogP contribution in [0.5, 0.6) is 0 Å². The minimum absolute atomic E-state index is 0.0805. The van der Waals surface area contributed by atoms with Crippen molar-refractivity contribution in [2.24, 2.45) is 19.2 Å². The Balaban J connectivity index is 0.000000194. The van der Waals surface area contributed by atoms with E-state index in [-0.39, 0.29) is 46.1 Å². The van der Waals surface area contributed by atoms with Crippen molar-refractivity contribution in [3.05, 3.63) is 129 Å². The summed E-state index contributed by atoms with van der Waals surface area (Å²) in [6, 6.07) is 21.4. The number of carbonyl (C=O) groups excluding carboxylic acids is 4. The van der Waals surface area contributed by atoms with Crippen LogP contribution in [0.4, 0.5) is 0 Å². The van der Waals surface area contributed by atoms with Crippen LogP contribution in [-0.4, -0.2) is 107 Å². The van der Waals surface area contributed by atoms with E-state index >= 15 is 0 Å². The fourth-order valence-electron chi connectivity index (χ4n) is 8.30. The molecule has 71 heavy (non-hydrogen) atoms. The maximum atomic E-state index is 13.0. The second kappa shape index (κ2) is 22.0. The number of pyridine rings is 2. The van der Waals surface area contributed by atoms with E-state index in [1.165, 1.54) is 50.6 Å². The number of carbonyl (C=O) groups is 4. The highest BCUT2D eigenvalue weighted by molar-refractivity contribution is 7.90. The summed E-state index contributed by atoms with van der Waals surface area (Å²) >= 11 is 5.63. The van der Waals surface area contributed by atoms with Crippen LogP contribution in [0, 0.1) is 22.7 Å². The molecule has 2 aliphatic rings. The van der Waals surface area contributed by atoms with Gasteiger partial charge in [-0.15, -0.1) is 0 Å². The molecule has 4 heterocycles. The van der Waals surface area contributed by atoms with E-state index in [2.05, 4.69) is 31.0 Å². The molecule has 368 valence electrons. The summed E-state index contributed by atoms with van der Waals surface area (Å²) in [4.78, 5) is 58.8. The van der Waals surface area contributed by atoms with E-state index in [9.17, 15) is 41.3 Å². The molecule has 3 amide bonds. The van der Waals surface area contributed by atoms with E-state index in [4.69, 9.17) is 22.0 Å². The Morgan fingerprint density at radius 1 is 0.676 bits per heavy atom. The highest BCUT2D eigenvalue weighted by atomic mass is 35.5. The zero-order chi connectivity index (χ0) is 51.9. The Labute approximate surface area is 415 Å². The molecule has 4 aromatic heterocycles. The number of amides is 3. The highest BCUT2D eigenvalue weighted by Gasteiger charge is 2.28. The average Bonchev–Trinajstić information content (AvgIpc) is 4.16. The molecule has 0 radical (unpaired) electrons. The lowest BCUT2D eigenvalue weighted by Crippen LogP contribution is -2.32. The van der Waals surface area contributed by atoms with Gasteiger partial charge >= 0.3 is 0 Å². The van der Waals surface area contributed by atoms with Crippen molar-refractivity contribution < 1.29 is 36.0 Å². The molecule has 0 aliphatic heterocycles. The summed E-state index contributed by atoms with van der Waals surface area (Å²) in [5.74, 6) is -1.46. The molecule has 2 aliphatic carbocycles. The molecule has 0 spiro atoms. The first-order valence-electron chi connectivity index (χ1n) is 21.8. The van der Waals surface area contributed by atoms with Crippen LogP contribution in [0.1, 0.15) is 78.6 Å². The van der Waals surface area contributed by atoms with Gasteiger partial charge in [-0.25, -0.2) is 28.2 Å². The van der Waals surface area contributed by atoms with Crippen molar-refractivity contribution in [3.8, 4) is 34.4 Å². The van der Waals surface area contributed by atoms with Gasteiger partial charge in [-0.1, -0.05) is 24.3 Å². The summed E-state index contributed by atoms with van der Waals surface area (Å²) in [5.41, 5.74) is 10.7. The minimum atomic E-state index is -4.30. The zero-order valence-electron chi connectivity index (χ0n) is 39.6. The summed E-state index contributed by atoms with van der Waals surface area (Å²) in [7, 11) is 0.986. The zero-order valence-corrected chi connectivity index (χ0v) is 42.0. The van der Waals surface area contributed by atoms with E-state index in [0.717, 1.165) is 95.2 Å².